The van der Waals surface area contributed by atoms with E-state index < -0.39 is 27.8 Å². The number of halogens is 1. The second kappa shape index (κ2) is 4.61. The van der Waals surface area contributed by atoms with Crippen LogP contribution >= 0.6 is 15.9 Å². The predicted octanol–water partition coefficient (Wildman–Crippen LogP) is 1.04. The molecule has 6 nitrogen and oxygen atoms in total. The summed E-state index contributed by atoms with van der Waals surface area (Å²) in [5.74, 6) is -3.06. The number of hydrogen-bond acceptors (Lipinski definition) is 4. The molecule has 1 aromatic rings. The van der Waals surface area contributed by atoms with Gasteiger partial charge in [0.25, 0.3) is 0 Å². The van der Waals surface area contributed by atoms with Crippen LogP contribution in [0.4, 0.5) is 5.69 Å². The predicted molar refractivity (Wildman–Crippen MR) is 70.8 cm³/mol. The lowest BCUT2D eigenvalue weighted by molar-refractivity contribution is -0.149. The van der Waals surface area contributed by atoms with Crippen molar-refractivity contribution in [3.05, 3.63) is 22.7 Å². The van der Waals surface area contributed by atoms with Gasteiger partial charge in [-0.2, -0.15) is 0 Å². The summed E-state index contributed by atoms with van der Waals surface area (Å²) in [6.45, 7) is 1.50. The third-order valence-corrected chi connectivity index (χ3v) is 5.39. The minimum absolute atomic E-state index is 0.0328. The van der Waals surface area contributed by atoms with Gasteiger partial charge in [-0.25, -0.2) is 13.2 Å². The number of sulfone groups is 1. The van der Waals surface area contributed by atoms with Crippen molar-refractivity contribution < 1.29 is 23.1 Å². The van der Waals surface area contributed by atoms with Crippen molar-refractivity contribution in [1.82, 2.24) is 0 Å². The first-order valence-corrected chi connectivity index (χ1v) is 7.78. The molecular weight excluding hydrogens is 338 g/mol. The van der Waals surface area contributed by atoms with Crippen molar-refractivity contribution in [1.29, 1.82) is 0 Å². The lowest BCUT2D eigenvalue weighted by atomic mass is 10.2. The van der Waals surface area contributed by atoms with Gasteiger partial charge in [-0.1, -0.05) is 6.07 Å². The van der Waals surface area contributed by atoms with Gasteiger partial charge in [0.15, 0.2) is 9.84 Å². The number of carbonyl (C=O) groups excluding carboxylic acids is 1. The summed E-state index contributed by atoms with van der Waals surface area (Å²) < 4.78 is 24.5. The number of hydrogen-bond donors (Lipinski definition) is 1. The van der Waals surface area contributed by atoms with Crippen LogP contribution in [0.15, 0.2) is 27.6 Å². The maximum atomic E-state index is 12.1. The van der Waals surface area contributed by atoms with E-state index >= 15 is 0 Å². The Bertz CT molecular complexity index is 670. The van der Waals surface area contributed by atoms with Crippen molar-refractivity contribution in [2.75, 3.05) is 10.7 Å². The van der Waals surface area contributed by atoms with E-state index in [4.69, 9.17) is 5.11 Å². The fraction of sp³-hybridized carbons (Fsp3) is 0.273. The summed E-state index contributed by atoms with van der Waals surface area (Å²) >= 11 is 3.17. The van der Waals surface area contributed by atoms with Crippen LogP contribution in [0.5, 0.6) is 0 Å². The molecule has 0 radical (unpaired) electrons. The molecule has 1 amide bonds. The van der Waals surface area contributed by atoms with Gasteiger partial charge in [-0.3, -0.25) is 9.69 Å². The Labute approximate surface area is 118 Å². The van der Waals surface area contributed by atoms with Crippen LogP contribution < -0.4 is 4.90 Å². The van der Waals surface area contributed by atoms with Crippen LogP contribution in [0.3, 0.4) is 0 Å². The van der Waals surface area contributed by atoms with E-state index in [0.29, 0.717) is 4.47 Å². The number of para-hydroxylation sites is 1. The second-order valence-corrected chi connectivity index (χ2v) is 7.05. The zero-order valence-corrected chi connectivity index (χ0v) is 12.2. The number of nitrogens with zero attached hydrogens (tertiary/aromatic N) is 1. The number of benzene rings is 1. The van der Waals surface area contributed by atoms with E-state index in [0.717, 1.165) is 4.90 Å². The van der Waals surface area contributed by atoms with Gasteiger partial charge < -0.3 is 5.11 Å². The van der Waals surface area contributed by atoms with E-state index in [9.17, 15) is 18.0 Å². The molecule has 1 aliphatic rings. The van der Waals surface area contributed by atoms with Crippen LogP contribution in [0.1, 0.15) is 6.92 Å². The minimum atomic E-state index is -3.52. The summed E-state index contributed by atoms with van der Waals surface area (Å²) in [6, 6.07) is 3.72. The molecule has 1 aliphatic heterocycles. The molecule has 0 aliphatic carbocycles. The highest BCUT2D eigenvalue weighted by atomic mass is 79.9. The fourth-order valence-electron chi connectivity index (χ4n) is 2.09. The monoisotopic (exact) mass is 347 g/mol. The first-order valence-electron chi connectivity index (χ1n) is 5.33. The van der Waals surface area contributed by atoms with E-state index in [1.54, 1.807) is 6.07 Å². The van der Waals surface area contributed by atoms with E-state index in [-0.39, 0.29) is 16.3 Å². The third kappa shape index (κ3) is 2.25. The molecular formula is C11H10BrNO5S. The molecule has 8 heteroatoms. The fourth-order valence-corrected chi connectivity index (χ4v) is 4.53. The number of carboxylic acid groups (broad SMARTS) is 1. The Hall–Kier alpha value is -1.41. The number of aliphatic carboxylic acids is 1. The Balaban J connectivity index is 2.73. The third-order valence-electron chi connectivity index (χ3n) is 2.83. The van der Waals surface area contributed by atoms with Crippen molar-refractivity contribution in [3.8, 4) is 0 Å². The van der Waals surface area contributed by atoms with Gasteiger partial charge in [0.2, 0.25) is 0 Å². The molecule has 1 heterocycles. The average Bonchev–Trinajstić information content (AvgIpc) is 2.29. The van der Waals surface area contributed by atoms with Crippen LogP contribution in [0, 0.1) is 0 Å². The summed E-state index contributed by atoms with van der Waals surface area (Å²) in [5, 5.41) is 8.84. The number of fused-ring (bicyclic) bond motifs is 1. The Morgan fingerprint density at radius 1 is 1.42 bits per heavy atom. The van der Waals surface area contributed by atoms with E-state index in [1.165, 1.54) is 19.1 Å². The van der Waals surface area contributed by atoms with Gasteiger partial charge in [-0.05, 0) is 35.0 Å². The number of carbonyl (C=O) groups is 2. The molecule has 0 fully saturated rings. The molecule has 2 rings (SSSR count). The van der Waals surface area contributed by atoms with Crippen molar-refractivity contribution in [2.24, 2.45) is 0 Å². The Morgan fingerprint density at radius 2 is 2.05 bits per heavy atom. The zero-order valence-electron chi connectivity index (χ0n) is 9.83. The Morgan fingerprint density at radius 3 is 2.63 bits per heavy atom. The average molecular weight is 348 g/mol. The molecule has 1 aromatic carbocycles. The summed E-state index contributed by atoms with van der Waals surface area (Å²) in [7, 11) is -3.52. The number of carboxylic acids is 1. The van der Waals surface area contributed by atoms with Gasteiger partial charge in [0.05, 0.1) is 16.3 Å². The Kier molecular flexibility index (Phi) is 3.40. The first kappa shape index (κ1) is 14.0. The lowest BCUT2D eigenvalue weighted by Gasteiger charge is -2.34. The normalized spacial score (nSPS) is 20.7. The minimum Gasteiger partial charge on any atom is -0.474 e. The molecule has 102 valence electrons. The largest absolute Gasteiger partial charge is 0.474 e. The van der Waals surface area contributed by atoms with Crippen LogP contribution in [0.2, 0.25) is 0 Å². The summed E-state index contributed by atoms with van der Waals surface area (Å²) in [5.41, 5.74) is 0.0913. The molecule has 0 aromatic heterocycles. The van der Waals surface area contributed by atoms with Crippen molar-refractivity contribution >= 4 is 43.3 Å². The smallest absolute Gasteiger partial charge is 0.394 e. The van der Waals surface area contributed by atoms with Crippen molar-refractivity contribution in [2.45, 2.75) is 17.9 Å². The van der Waals surface area contributed by atoms with Gasteiger partial charge in [-0.15, -0.1) is 0 Å². The van der Waals surface area contributed by atoms with Gasteiger partial charge in [0.1, 0.15) is 0 Å². The highest BCUT2D eigenvalue weighted by molar-refractivity contribution is 9.10. The van der Waals surface area contributed by atoms with Gasteiger partial charge >= 0.3 is 11.9 Å². The van der Waals surface area contributed by atoms with E-state index in [2.05, 4.69) is 15.9 Å². The van der Waals surface area contributed by atoms with Crippen LogP contribution in [-0.4, -0.2) is 37.2 Å². The number of anilines is 1. The summed E-state index contributed by atoms with van der Waals surface area (Å²) in [6.07, 6.45) is 0. The topological polar surface area (TPSA) is 91.8 Å². The maximum absolute atomic E-state index is 12.1. The molecule has 19 heavy (non-hydrogen) atoms. The molecule has 0 saturated heterocycles. The van der Waals surface area contributed by atoms with Gasteiger partial charge in [0, 0.05) is 10.5 Å². The first-order chi connectivity index (χ1) is 8.75. The standard InChI is InChI=1S/C11H10BrNO5S/c1-6-5-19(17,18)8-4-2-3-7(12)9(8)13(6)10(14)11(15)16/h2-4,6H,5H2,1H3,(H,15,16). The highest BCUT2D eigenvalue weighted by Gasteiger charge is 2.39. The van der Waals surface area contributed by atoms with Crippen molar-refractivity contribution in [3.63, 3.8) is 0 Å². The number of rotatable bonds is 0. The SMILES string of the molecule is CC1CS(=O)(=O)c2cccc(Br)c2N1C(=O)C(=O)O. The highest BCUT2D eigenvalue weighted by Crippen LogP contribution is 2.39. The molecule has 0 saturated carbocycles. The van der Waals surface area contributed by atoms with E-state index in [1.807, 2.05) is 0 Å². The molecule has 1 N–H and O–H groups in total. The second-order valence-electron chi connectivity index (χ2n) is 4.20. The summed E-state index contributed by atoms with van der Waals surface area (Å²) in [4.78, 5) is 23.6. The molecule has 1 unspecified atom stereocenters. The zero-order chi connectivity index (χ0) is 14.4. The lowest BCUT2D eigenvalue weighted by Crippen LogP contribution is -2.49. The van der Waals surface area contributed by atoms with Crippen LogP contribution in [-0.2, 0) is 19.4 Å². The quantitative estimate of drug-likeness (QED) is 0.708. The molecule has 1 atom stereocenters. The molecule has 0 bridgehead atoms. The molecule has 0 spiro atoms. The maximum Gasteiger partial charge on any atom is 0.394 e. The van der Waals surface area contributed by atoms with Crippen LogP contribution in [0.25, 0.3) is 0 Å². The number of amides is 1.